The van der Waals surface area contributed by atoms with Crippen molar-refractivity contribution in [2.75, 3.05) is 54.0 Å². The highest BCUT2D eigenvalue weighted by molar-refractivity contribution is 5.79. The van der Waals surface area contributed by atoms with Gasteiger partial charge < -0.3 is 25.4 Å². The summed E-state index contributed by atoms with van der Waals surface area (Å²) in [5.74, 6) is 0.764. The molecule has 6 heteroatoms. The van der Waals surface area contributed by atoms with Crippen LogP contribution in [0.2, 0.25) is 0 Å². The van der Waals surface area contributed by atoms with Gasteiger partial charge in [0.25, 0.3) is 0 Å². The molecule has 0 bridgehead atoms. The largest absolute Gasteiger partial charge is 0.396 e. The van der Waals surface area contributed by atoms with Gasteiger partial charge in [0.05, 0.1) is 12.7 Å². The average molecular weight is 351 g/mol. The molecule has 3 N–H and O–H groups in total. The molecular weight excluding hydrogens is 316 g/mol. The first-order valence-electron chi connectivity index (χ1n) is 8.97. The van der Waals surface area contributed by atoms with E-state index < -0.39 is 0 Å². The first-order valence-corrected chi connectivity index (χ1v) is 8.97. The van der Waals surface area contributed by atoms with E-state index in [-0.39, 0.29) is 18.6 Å². The van der Waals surface area contributed by atoms with E-state index in [0.29, 0.717) is 19.7 Å². The van der Waals surface area contributed by atoms with E-state index in [9.17, 15) is 5.11 Å². The van der Waals surface area contributed by atoms with Crippen LogP contribution < -0.4 is 10.6 Å². The molecule has 25 heavy (non-hydrogen) atoms. The molecule has 2 unspecified atom stereocenters. The van der Waals surface area contributed by atoms with Gasteiger partial charge in [-0.15, -0.1) is 0 Å². The first kappa shape index (κ1) is 21.4. The van der Waals surface area contributed by atoms with Gasteiger partial charge >= 0.3 is 0 Å². The van der Waals surface area contributed by atoms with Crippen molar-refractivity contribution in [2.24, 2.45) is 4.99 Å². The van der Waals surface area contributed by atoms with Gasteiger partial charge in [-0.05, 0) is 33.0 Å². The summed E-state index contributed by atoms with van der Waals surface area (Å²) in [6, 6.07) is 10.0. The number of rotatable bonds is 11. The summed E-state index contributed by atoms with van der Waals surface area (Å²) in [5, 5.41) is 16.3. The van der Waals surface area contributed by atoms with Crippen molar-refractivity contribution in [1.82, 2.24) is 15.5 Å². The number of aliphatic hydroxyl groups excluding tert-OH is 1. The fourth-order valence-electron chi connectivity index (χ4n) is 2.55. The third kappa shape index (κ3) is 8.86. The molecule has 0 amide bonds. The molecule has 0 radical (unpaired) electrons. The van der Waals surface area contributed by atoms with Crippen LogP contribution in [0, 0.1) is 0 Å². The Hall–Kier alpha value is -1.63. The van der Waals surface area contributed by atoms with Crippen molar-refractivity contribution >= 4 is 5.96 Å². The van der Waals surface area contributed by atoms with Crippen LogP contribution >= 0.6 is 0 Å². The van der Waals surface area contributed by atoms with Crippen LogP contribution in [-0.2, 0) is 4.74 Å². The maximum absolute atomic E-state index is 9.65. The lowest BCUT2D eigenvalue weighted by Gasteiger charge is -2.22. The second-order valence-electron chi connectivity index (χ2n) is 6.29. The summed E-state index contributed by atoms with van der Waals surface area (Å²) < 4.78 is 5.79. The molecule has 142 valence electrons. The van der Waals surface area contributed by atoms with Crippen molar-refractivity contribution in [3.8, 4) is 0 Å². The number of aliphatic hydroxyl groups is 1. The molecule has 0 saturated heterocycles. The molecule has 0 aliphatic carbocycles. The highest BCUT2D eigenvalue weighted by atomic mass is 16.5. The number of hydrogen-bond donors (Lipinski definition) is 3. The fourth-order valence-corrected chi connectivity index (χ4v) is 2.55. The second kappa shape index (κ2) is 12.7. The topological polar surface area (TPSA) is 69.1 Å². The zero-order valence-corrected chi connectivity index (χ0v) is 16.0. The van der Waals surface area contributed by atoms with Crippen LogP contribution in [0.1, 0.15) is 24.8 Å². The summed E-state index contributed by atoms with van der Waals surface area (Å²) >= 11 is 0. The van der Waals surface area contributed by atoms with E-state index in [1.807, 2.05) is 37.3 Å². The maximum atomic E-state index is 9.65. The predicted octanol–water partition coefficient (Wildman–Crippen LogP) is 1.28. The lowest BCUT2D eigenvalue weighted by atomic mass is 10.0. The molecule has 1 aromatic carbocycles. The fraction of sp³-hybridized carbons (Fsp3) is 0.632. The van der Waals surface area contributed by atoms with E-state index in [4.69, 9.17) is 4.74 Å². The van der Waals surface area contributed by atoms with Crippen LogP contribution in [0.25, 0.3) is 0 Å². The molecular formula is C19H34N4O2. The predicted molar refractivity (Wildman–Crippen MR) is 104 cm³/mol. The van der Waals surface area contributed by atoms with Crippen LogP contribution in [0.5, 0.6) is 0 Å². The Morgan fingerprint density at radius 3 is 2.44 bits per heavy atom. The van der Waals surface area contributed by atoms with Crippen molar-refractivity contribution in [1.29, 1.82) is 0 Å². The Morgan fingerprint density at radius 2 is 1.88 bits per heavy atom. The van der Waals surface area contributed by atoms with Gasteiger partial charge in [0, 0.05) is 39.2 Å². The Balaban J connectivity index is 2.47. The van der Waals surface area contributed by atoms with Crippen LogP contribution in [0.4, 0.5) is 0 Å². The number of hydrogen-bond acceptors (Lipinski definition) is 4. The van der Waals surface area contributed by atoms with Crippen LogP contribution in [0.15, 0.2) is 35.3 Å². The van der Waals surface area contributed by atoms with Gasteiger partial charge in [-0.1, -0.05) is 30.3 Å². The minimum absolute atomic E-state index is 0.0381. The SMILES string of the molecule is CCOC(CCN(C)C)CNC(=NC)NCC(CO)c1ccccc1. The van der Waals surface area contributed by atoms with Gasteiger partial charge in [-0.3, -0.25) is 4.99 Å². The number of benzene rings is 1. The van der Waals surface area contributed by atoms with E-state index >= 15 is 0 Å². The van der Waals surface area contributed by atoms with Crippen LogP contribution in [-0.4, -0.2) is 76.1 Å². The smallest absolute Gasteiger partial charge is 0.191 e. The third-order valence-corrected chi connectivity index (χ3v) is 4.03. The molecule has 0 heterocycles. The number of nitrogens with zero attached hydrogens (tertiary/aromatic N) is 2. The lowest BCUT2D eigenvalue weighted by molar-refractivity contribution is 0.0548. The molecule has 1 rings (SSSR count). The van der Waals surface area contributed by atoms with Gasteiger partial charge in [0.2, 0.25) is 0 Å². The molecule has 2 atom stereocenters. The molecule has 6 nitrogen and oxygen atoms in total. The van der Waals surface area contributed by atoms with E-state index in [0.717, 1.165) is 24.5 Å². The Bertz CT molecular complexity index is 480. The molecule has 0 saturated carbocycles. The maximum Gasteiger partial charge on any atom is 0.191 e. The zero-order valence-electron chi connectivity index (χ0n) is 16.0. The Kier molecular flexibility index (Phi) is 10.9. The third-order valence-electron chi connectivity index (χ3n) is 4.03. The van der Waals surface area contributed by atoms with Crippen molar-refractivity contribution in [3.63, 3.8) is 0 Å². The van der Waals surface area contributed by atoms with Gasteiger partial charge in [0.1, 0.15) is 0 Å². The van der Waals surface area contributed by atoms with Gasteiger partial charge in [0.15, 0.2) is 5.96 Å². The standard InChI is InChI=1S/C19H34N4O2/c1-5-25-18(11-12-23(3)4)14-22-19(20-2)21-13-17(15-24)16-9-7-6-8-10-16/h6-10,17-18,24H,5,11-15H2,1-4H3,(H2,20,21,22). The Labute approximate surface area is 152 Å². The monoisotopic (exact) mass is 350 g/mol. The molecule has 0 aliphatic rings. The summed E-state index contributed by atoms with van der Waals surface area (Å²) in [5.41, 5.74) is 1.12. The average Bonchev–Trinajstić information content (AvgIpc) is 2.63. The summed E-state index contributed by atoms with van der Waals surface area (Å²) in [4.78, 5) is 6.42. The quantitative estimate of drug-likeness (QED) is 0.414. The molecule has 1 aromatic rings. The lowest BCUT2D eigenvalue weighted by Crippen LogP contribution is -2.44. The molecule has 0 fully saturated rings. The molecule has 0 aliphatic heterocycles. The minimum atomic E-state index is 0.0381. The summed E-state index contributed by atoms with van der Waals surface area (Å²) in [7, 11) is 5.88. The van der Waals surface area contributed by atoms with E-state index in [1.165, 1.54) is 0 Å². The summed E-state index contributed by atoms with van der Waals surface area (Å²) in [6.45, 7) is 5.12. The minimum Gasteiger partial charge on any atom is -0.396 e. The number of ether oxygens (including phenoxy) is 1. The van der Waals surface area contributed by atoms with E-state index in [2.05, 4.69) is 34.6 Å². The van der Waals surface area contributed by atoms with Crippen LogP contribution in [0.3, 0.4) is 0 Å². The van der Waals surface area contributed by atoms with Crippen molar-refractivity contribution in [2.45, 2.75) is 25.4 Å². The van der Waals surface area contributed by atoms with Gasteiger partial charge in [-0.2, -0.15) is 0 Å². The molecule has 0 aromatic heterocycles. The zero-order chi connectivity index (χ0) is 18.5. The second-order valence-corrected chi connectivity index (χ2v) is 6.29. The normalized spacial score (nSPS) is 14.4. The van der Waals surface area contributed by atoms with Gasteiger partial charge in [-0.25, -0.2) is 0 Å². The number of nitrogens with one attached hydrogen (secondary N) is 2. The first-order chi connectivity index (χ1) is 12.1. The number of aliphatic imine (C=N–C) groups is 1. The highest BCUT2D eigenvalue weighted by Crippen LogP contribution is 2.13. The van der Waals surface area contributed by atoms with Crippen molar-refractivity contribution < 1.29 is 9.84 Å². The van der Waals surface area contributed by atoms with Crippen molar-refractivity contribution in [3.05, 3.63) is 35.9 Å². The summed E-state index contributed by atoms with van der Waals surface area (Å²) in [6.07, 6.45) is 1.11. The Morgan fingerprint density at radius 1 is 1.20 bits per heavy atom. The number of guanidine groups is 1. The van der Waals surface area contributed by atoms with E-state index in [1.54, 1.807) is 7.05 Å². The highest BCUT2D eigenvalue weighted by Gasteiger charge is 2.13. The molecule has 0 spiro atoms.